The predicted molar refractivity (Wildman–Crippen MR) is 83.7 cm³/mol. The summed E-state index contributed by atoms with van der Waals surface area (Å²) in [4.78, 5) is 2.65. The predicted octanol–water partition coefficient (Wildman–Crippen LogP) is 1.62. The van der Waals surface area contributed by atoms with Crippen LogP contribution >= 0.6 is 0 Å². The van der Waals surface area contributed by atoms with Crippen LogP contribution in [0.15, 0.2) is 12.4 Å². The summed E-state index contributed by atoms with van der Waals surface area (Å²) < 4.78 is 13.8. The molecule has 4 rings (SSSR count). The van der Waals surface area contributed by atoms with Crippen LogP contribution in [0.2, 0.25) is 0 Å². The maximum absolute atomic E-state index is 6.30. The van der Waals surface area contributed by atoms with Crippen LogP contribution in [-0.4, -0.2) is 59.2 Å². The number of hydrogen-bond donors (Lipinski definition) is 0. The monoisotopic (exact) mass is 305 g/mol. The summed E-state index contributed by atoms with van der Waals surface area (Å²) in [6.45, 7) is 3.91. The van der Waals surface area contributed by atoms with Gasteiger partial charge in [0.25, 0.3) is 0 Å². The zero-order chi connectivity index (χ0) is 14.9. The molecule has 1 saturated carbocycles. The Hall–Kier alpha value is -0.910. The van der Waals surface area contributed by atoms with E-state index in [2.05, 4.69) is 16.2 Å². The Kier molecular flexibility index (Phi) is 4.20. The lowest BCUT2D eigenvalue weighted by Gasteiger charge is -2.32. The minimum atomic E-state index is 0.376. The van der Waals surface area contributed by atoms with Crippen molar-refractivity contribution in [1.82, 2.24) is 14.7 Å². The summed E-state index contributed by atoms with van der Waals surface area (Å²) in [7, 11) is 1.99. The first-order chi connectivity index (χ1) is 10.8. The Labute approximate surface area is 132 Å². The van der Waals surface area contributed by atoms with Gasteiger partial charge in [0, 0.05) is 45.1 Å². The third-order valence-electron chi connectivity index (χ3n) is 5.35. The number of aryl methyl sites for hydroxylation is 1. The lowest BCUT2D eigenvalue weighted by molar-refractivity contribution is 0.0122. The Morgan fingerprint density at radius 2 is 2.23 bits per heavy atom. The van der Waals surface area contributed by atoms with Crippen molar-refractivity contribution < 1.29 is 9.47 Å². The summed E-state index contributed by atoms with van der Waals surface area (Å²) in [6.07, 6.45) is 10.6. The van der Waals surface area contributed by atoms with Crippen LogP contribution in [0.3, 0.4) is 0 Å². The Bertz CT molecular complexity index is 494. The van der Waals surface area contributed by atoms with E-state index in [1.807, 2.05) is 17.9 Å². The van der Waals surface area contributed by atoms with Gasteiger partial charge in [-0.15, -0.1) is 0 Å². The number of hydrogen-bond acceptors (Lipinski definition) is 4. The van der Waals surface area contributed by atoms with Gasteiger partial charge in [0.1, 0.15) is 0 Å². The van der Waals surface area contributed by atoms with Crippen LogP contribution in [0.1, 0.15) is 31.2 Å². The maximum atomic E-state index is 6.30. The van der Waals surface area contributed by atoms with Gasteiger partial charge < -0.3 is 9.47 Å². The average molecular weight is 305 g/mol. The van der Waals surface area contributed by atoms with Crippen molar-refractivity contribution in [2.75, 3.05) is 26.4 Å². The topological polar surface area (TPSA) is 39.5 Å². The number of likely N-dealkylation sites (tertiary alicyclic amines) is 1. The van der Waals surface area contributed by atoms with E-state index in [1.54, 1.807) is 0 Å². The summed E-state index contributed by atoms with van der Waals surface area (Å²) in [5.74, 6) is 0.836. The van der Waals surface area contributed by atoms with Crippen molar-refractivity contribution in [3.63, 3.8) is 0 Å². The fraction of sp³-hybridized carbons (Fsp3) is 0.824. The van der Waals surface area contributed by atoms with E-state index in [4.69, 9.17) is 9.47 Å². The van der Waals surface area contributed by atoms with Crippen molar-refractivity contribution in [3.8, 4) is 0 Å². The normalized spacial score (nSPS) is 32.9. The fourth-order valence-electron chi connectivity index (χ4n) is 3.89. The lowest BCUT2D eigenvalue weighted by atomic mass is 10.0. The SMILES string of the molecule is Cn1cc(C[C@@H]2[C@H](OCC3CC3)CCN2C2CCOC2)cn1. The molecule has 1 aromatic rings. The minimum Gasteiger partial charge on any atom is -0.380 e. The van der Waals surface area contributed by atoms with Gasteiger partial charge in [-0.1, -0.05) is 0 Å². The molecule has 1 unspecified atom stereocenters. The first kappa shape index (κ1) is 14.7. The molecule has 0 spiro atoms. The van der Waals surface area contributed by atoms with Crippen molar-refractivity contribution >= 4 is 0 Å². The molecule has 0 aromatic carbocycles. The highest BCUT2D eigenvalue weighted by atomic mass is 16.5. The zero-order valence-corrected chi connectivity index (χ0v) is 13.5. The molecule has 1 aromatic heterocycles. The van der Waals surface area contributed by atoms with Crippen LogP contribution in [0.4, 0.5) is 0 Å². The van der Waals surface area contributed by atoms with E-state index in [0.29, 0.717) is 18.2 Å². The van der Waals surface area contributed by atoms with E-state index in [9.17, 15) is 0 Å². The summed E-state index contributed by atoms with van der Waals surface area (Å²) >= 11 is 0. The number of rotatable bonds is 6. The summed E-state index contributed by atoms with van der Waals surface area (Å²) in [6, 6.07) is 1.06. The number of ether oxygens (including phenoxy) is 2. The van der Waals surface area contributed by atoms with E-state index in [0.717, 1.165) is 45.1 Å². The first-order valence-electron chi connectivity index (χ1n) is 8.72. The highest BCUT2D eigenvalue weighted by molar-refractivity contribution is 5.09. The highest BCUT2D eigenvalue weighted by Gasteiger charge is 2.40. The van der Waals surface area contributed by atoms with Crippen LogP contribution in [0, 0.1) is 5.92 Å². The van der Waals surface area contributed by atoms with Gasteiger partial charge in [-0.2, -0.15) is 5.10 Å². The van der Waals surface area contributed by atoms with E-state index >= 15 is 0 Å². The lowest BCUT2D eigenvalue weighted by Crippen LogP contribution is -2.44. The highest BCUT2D eigenvalue weighted by Crippen LogP contribution is 2.33. The van der Waals surface area contributed by atoms with Crippen molar-refractivity contribution in [3.05, 3.63) is 18.0 Å². The molecule has 5 heteroatoms. The van der Waals surface area contributed by atoms with Gasteiger partial charge in [-0.25, -0.2) is 0 Å². The standard InChI is InChI=1S/C17H27N3O2/c1-19-10-14(9-18-19)8-16-17(22-11-13-2-3-13)4-6-20(16)15-5-7-21-12-15/h9-10,13,15-17H,2-8,11-12H2,1H3/t15?,16-,17-/m1/s1. The Morgan fingerprint density at radius 1 is 1.32 bits per heavy atom. The van der Waals surface area contributed by atoms with Crippen LogP contribution in [-0.2, 0) is 22.9 Å². The molecule has 0 N–H and O–H groups in total. The van der Waals surface area contributed by atoms with E-state index < -0.39 is 0 Å². The third kappa shape index (κ3) is 3.21. The second kappa shape index (κ2) is 6.30. The molecule has 3 atom stereocenters. The van der Waals surface area contributed by atoms with Gasteiger partial charge in [0.15, 0.2) is 0 Å². The van der Waals surface area contributed by atoms with Gasteiger partial charge in [0.05, 0.1) is 18.9 Å². The van der Waals surface area contributed by atoms with E-state index in [-0.39, 0.29) is 0 Å². The summed E-state index contributed by atoms with van der Waals surface area (Å²) in [5.41, 5.74) is 1.32. The smallest absolute Gasteiger partial charge is 0.0745 e. The largest absolute Gasteiger partial charge is 0.380 e. The maximum Gasteiger partial charge on any atom is 0.0745 e. The average Bonchev–Trinajstić information content (AvgIpc) is 2.92. The van der Waals surface area contributed by atoms with Crippen molar-refractivity contribution in [2.24, 2.45) is 13.0 Å². The molecular weight excluding hydrogens is 278 g/mol. The third-order valence-corrected chi connectivity index (χ3v) is 5.35. The Balaban J connectivity index is 1.45. The molecule has 1 aliphatic carbocycles. The van der Waals surface area contributed by atoms with Crippen LogP contribution in [0.5, 0.6) is 0 Å². The molecule has 122 valence electrons. The molecule has 0 amide bonds. The molecular formula is C17H27N3O2. The number of aromatic nitrogens is 2. The minimum absolute atomic E-state index is 0.376. The molecule has 2 aliphatic heterocycles. The van der Waals surface area contributed by atoms with Gasteiger partial charge in [0.2, 0.25) is 0 Å². The molecule has 3 fully saturated rings. The molecule has 2 saturated heterocycles. The van der Waals surface area contributed by atoms with Gasteiger partial charge >= 0.3 is 0 Å². The molecule has 0 radical (unpaired) electrons. The van der Waals surface area contributed by atoms with Crippen LogP contribution in [0.25, 0.3) is 0 Å². The van der Waals surface area contributed by atoms with E-state index in [1.165, 1.54) is 24.8 Å². The molecule has 5 nitrogen and oxygen atoms in total. The zero-order valence-electron chi connectivity index (χ0n) is 13.5. The first-order valence-corrected chi connectivity index (χ1v) is 8.72. The van der Waals surface area contributed by atoms with Gasteiger partial charge in [-0.05, 0) is 43.6 Å². The molecule has 3 heterocycles. The van der Waals surface area contributed by atoms with Crippen molar-refractivity contribution in [1.29, 1.82) is 0 Å². The molecule has 0 bridgehead atoms. The number of nitrogens with zero attached hydrogens (tertiary/aromatic N) is 3. The van der Waals surface area contributed by atoms with Crippen LogP contribution < -0.4 is 0 Å². The van der Waals surface area contributed by atoms with Crippen molar-refractivity contribution in [2.45, 2.75) is 50.3 Å². The Morgan fingerprint density at radius 3 is 2.91 bits per heavy atom. The summed E-state index contributed by atoms with van der Waals surface area (Å²) in [5, 5.41) is 4.32. The second-order valence-corrected chi connectivity index (χ2v) is 7.15. The fourth-order valence-corrected chi connectivity index (χ4v) is 3.89. The molecule has 3 aliphatic rings. The molecule has 22 heavy (non-hydrogen) atoms. The second-order valence-electron chi connectivity index (χ2n) is 7.15. The van der Waals surface area contributed by atoms with Gasteiger partial charge in [-0.3, -0.25) is 9.58 Å². The quantitative estimate of drug-likeness (QED) is 0.801.